The Morgan fingerprint density at radius 2 is 1.91 bits per heavy atom. The monoisotopic (exact) mass is 173 g/mol. The van der Waals surface area contributed by atoms with E-state index in [1.165, 1.54) is 19.3 Å². The normalized spacial score (nSPS) is 22.7. The number of hydrogen-bond acceptors (Lipinski definition) is 1. The molecule has 0 aromatic heterocycles. The molecule has 0 saturated heterocycles. The summed E-state index contributed by atoms with van der Waals surface area (Å²) in [5.41, 5.74) is 0.0249. The first-order valence-corrected chi connectivity index (χ1v) is 4.58. The lowest BCUT2D eigenvalue weighted by atomic mass is 9.84. The molecule has 0 spiro atoms. The lowest BCUT2D eigenvalue weighted by Gasteiger charge is -2.33. The minimum atomic E-state index is -0.200. The fourth-order valence-corrected chi connectivity index (χ4v) is 1.99. The molecule has 0 aliphatic heterocycles. The highest BCUT2D eigenvalue weighted by molar-refractivity contribution is 7.96. The topological polar surface area (TPSA) is 29.1 Å². The first-order chi connectivity index (χ1) is 5.12. The SMILES string of the molecule is CC1(NC(=O)S)CCCCC1. The van der Waals surface area contributed by atoms with Crippen molar-refractivity contribution in [2.75, 3.05) is 0 Å². The van der Waals surface area contributed by atoms with Gasteiger partial charge in [-0.15, -0.1) is 0 Å². The number of rotatable bonds is 1. The molecule has 3 heteroatoms. The first-order valence-electron chi connectivity index (χ1n) is 4.13. The zero-order valence-electron chi connectivity index (χ0n) is 6.89. The molecule has 0 aromatic rings. The maximum atomic E-state index is 10.7. The number of carbonyl (C=O) groups excluding carboxylic acids is 1. The molecule has 64 valence electrons. The Hall–Kier alpha value is -0.180. The highest BCUT2D eigenvalue weighted by Crippen LogP contribution is 2.27. The maximum absolute atomic E-state index is 10.7. The van der Waals surface area contributed by atoms with Crippen LogP contribution in [0.4, 0.5) is 4.79 Å². The molecule has 2 nitrogen and oxygen atoms in total. The van der Waals surface area contributed by atoms with Crippen molar-refractivity contribution in [2.45, 2.75) is 44.6 Å². The first kappa shape index (κ1) is 8.91. The standard InChI is InChI=1S/C8H15NOS/c1-8(9-7(10)11)5-3-2-4-6-8/h2-6H2,1H3,(H2,9,10,11). The van der Waals surface area contributed by atoms with Gasteiger partial charge in [-0.3, -0.25) is 4.79 Å². The Labute approximate surface area is 73.2 Å². The van der Waals surface area contributed by atoms with Crippen LogP contribution >= 0.6 is 12.6 Å². The van der Waals surface area contributed by atoms with Crippen LogP contribution in [0.2, 0.25) is 0 Å². The van der Waals surface area contributed by atoms with E-state index in [4.69, 9.17) is 0 Å². The third kappa shape index (κ3) is 2.73. The van der Waals surface area contributed by atoms with Crippen molar-refractivity contribution in [2.24, 2.45) is 0 Å². The van der Waals surface area contributed by atoms with E-state index in [0.29, 0.717) is 0 Å². The summed E-state index contributed by atoms with van der Waals surface area (Å²) >= 11 is 3.71. The quantitative estimate of drug-likeness (QED) is 0.585. The van der Waals surface area contributed by atoms with E-state index in [-0.39, 0.29) is 10.8 Å². The zero-order valence-corrected chi connectivity index (χ0v) is 7.79. The molecule has 0 radical (unpaired) electrons. The van der Waals surface area contributed by atoms with Gasteiger partial charge in [-0.05, 0) is 19.8 Å². The van der Waals surface area contributed by atoms with Gasteiger partial charge >= 0.3 is 0 Å². The van der Waals surface area contributed by atoms with Crippen LogP contribution in [0.1, 0.15) is 39.0 Å². The number of thiol groups is 1. The summed E-state index contributed by atoms with van der Waals surface area (Å²) in [7, 11) is 0. The molecule has 0 unspecified atom stereocenters. The van der Waals surface area contributed by atoms with Crippen LogP contribution < -0.4 is 5.32 Å². The van der Waals surface area contributed by atoms with Gasteiger partial charge in [-0.1, -0.05) is 31.9 Å². The molecule has 1 saturated carbocycles. The van der Waals surface area contributed by atoms with Gasteiger partial charge in [-0.25, -0.2) is 0 Å². The Morgan fingerprint density at radius 1 is 1.36 bits per heavy atom. The van der Waals surface area contributed by atoms with E-state index in [1.54, 1.807) is 0 Å². The summed E-state index contributed by atoms with van der Waals surface area (Å²) in [5.74, 6) is 0. The molecule has 11 heavy (non-hydrogen) atoms. The number of amides is 1. The highest BCUT2D eigenvalue weighted by Gasteiger charge is 2.27. The molecule has 0 aromatic carbocycles. The molecule has 1 fully saturated rings. The molecule has 1 amide bonds. The van der Waals surface area contributed by atoms with E-state index in [2.05, 4.69) is 24.9 Å². The van der Waals surface area contributed by atoms with E-state index in [0.717, 1.165) is 12.8 Å². The number of carbonyl (C=O) groups is 1. The highest BCUT2D eigenvalue weighted by atomic mass is 32.1. The molecule has 0 atom stereocenters. The molecule has 1 rings (SSSR count). The maximum Gasteiger partial charge on any atom is 0.276 e. The Balaban J connectivity index is 2.43. The van der Waals surface area contributed by atoms with E-state index in [9.17, 15) is 4.79 Å². The summed E-state index contributed by atoms with van der Waals surface area (Å²) in [6.07, 6.45) is 5.95. The van der Waals surface area contributed by atoms with E-state index < -0.39 is 0 Å². The van der Waals surface area contributed by atoms with Gasteiger partial charge in [0.1, 0.15) is 0 Å². The van der Waals surface area contributed by atoms with E-state index in [1.807, 2.05) is 0 Å². The van der Waals surface area contributed by atoms with Gasteiger partial charge < -0.3 is 5.32 Å². The Morgan fingerprint density at radius 3 is 2.36 bits per heavy atom. The van der Waals surface area contributed by atoms with Crippen molar-refractivity contribution in [1.29, 1.82) is 0 Å². The average Bonchev–Trinajstić information content (AvgIpc) is 1.85. The lowest BCUT2D eigenvalue weighted by Crippen LogP contribution is -2.45. The van der Waals surface area contributed by atoms with Gasteiger partial charge in [0.15, 0.2) is 0 Å². The van der Waals surface area contributed by atoms with Crippen molar-refractivity contribution >= 4 is 17.9 Å². The van der Waals surface area contributed by atoms with Crippen LogP contribution in [-0.2, 0) is 0 Å². The fraction of sp³-hybridized carbons (Fsp3) is 0.875. The van der Waals surface area contributed by atoms with Crippen molar-refractivity contribution < 1.29 is 4.79 Å². The van der Waals surface area contributed by atoms with Crippen LogP contribution in [-0.4, -0.2) is 10.8 Å². The second kappa shape index (κ2) is 3.48. The minimum Gasteiger partial charge on any atom is -0.342 e. The molecular formula is C8H15NOS. The second-order valence-corrected chi connectivity index (χ2v) is 3.96. The number of nitrogens with one attached hydrogen (secondary N) is 1. The summed E-state index contributed by atoms with van der Waals surface area (Å²) in [5, 5.41) is 2.68. The lowest BCUT2D eigenvalue weighted by molar-refractivity contribution is 0.230. The van der Waals surface area contributed by atoms with Gasteiger partial charge in [0.05, 0.1) is 0 Å². The average molecular weight is 173 g/mol. The number of hydrogen-bond donors (Lipinski definition) is 2. The smallest absolute Gasteiger partial charge is 0.276 e. The summed E-state index contributed by atoms with van der Waals surface area (Å²) in [4.78, 5) is 10.7. The zero-order chi connectivity index (χ0) is 8.32. The fourth-order valence-electron chi connectivity index (χ4n) is 1.72. The summed E-state index contributed by atoms with van der Waals surface area (Å²) < 4.78 is 0. The van der Waals surface area contributed by atoms with Crippen molar-refractivity contribution in [3.8, 4) is 0 Å². The second-order valence-electron chi connectivity index (χ2n) is 3.55. The molecule has 1 aliphatic carbocycles. The summed E-state index contributed by atoms with van der Waals surface area (Å²) in [6, 6.07) is 0. The minimum absolute atomic E-state index is 0.0249. The third-order valence-corrected chi connectivity index (χ3v) is 2.48. The van der Waals surface area contributed by atoms with Crippen LogP contribution in [0, 0.1) is 0 Å². The van der Waals surface area contributed by atoms with E-state index >= 15 is 0 Å². The molecule has 0 bridgehead atoms. The largest absolute Gasteiger partial charge is 0.342 e. The third-order valence-electron chi connectivity index (χ3n) is 2.37. The van der Waals surface area contributed by atoms with Crippen LogP contribution in [0.25, 0.3) is 0 Å². The van der Waals surface area contributed by atoms with Crippen LogP contribution in [0.3, 0.4) is 0 Å². The van der Waals surface area contributed by atoms with Gasteiger partial charge in [-0.2, -0.15) is 0 Å². The van der Waals surface area contributed by atoms with Crippen LogP contribution in [0.5, 0.6) is 0 Å². The van der Waals surface area contributed by atoms with Gasteiger partial charge in [0.2, 0.25) is 0 Å². The predicted octanol–water partition coefficient (Wildman–Crippen LogP) is 2.35. The van der Waals surface area contributed by atoms with Crippen molar-refractivity contribution in [1.82, 2.24) is 5.32 Å². The predicted molar refractivity (Wildman–Crippen MR) is 49.0 cm³/mol. The molecule has 0 heterocycles. The summed E-state index contributed by atoms with van der Waals surface area (Å²) in [6.45, 7) is 2.10. The molecule has 1 aliphatic rings. The van der Waals surface area contributed by atoms with Crippen molar-refractivity contribution in [3.63, 3.8) is 0 Å². The van der Waals surface area contributed by atoms with Gasteiger partial charge in [0.25, 0.3) is 5.24 Å². The molecule has 1 N–H and O–H groups in total. The van der Waals surface area contributed by atoms with Gasteiger partial charge in [0, 0.05) is 5.54 Å². The van der Waals surface area contributed by atoms with Crippen molar-refractivity contribution in [3.05, 3.63) is 0 Å². The molecular weight excluding hydrogens is 158 g/mol. The van der Waals surface area contributed by atoms with Crippen LogP contribution in [0.15, 0.2) is 0 Å². The Kier molecular flexibility index (Phi) is 2.82. The Bertz CT molecular complexity index is 152.